The molecule has 0 saturated carbocycles. The van der Waals surface area contributed by atoms with Crippen LogP contribution >= 0.6 is 11.8 Å². The molecule has 0 atom stereocenters. The lowest BCUT2D eigenvalue weighted by Crippen LogP contribution is -2.34. The minimum Gasteiger partial charge on any atom is -0.872 e. The van der Waals surface area contributed by atoms with Gasteiger partial charge in [-0.2, -0.15) is 9.67 Å². The zero-order valence-corrected chi connectivity index (χ0v) is 19.9. The second-order valence-electron chi connectivity index (χ2n) is 7.56. The Morgan fingerprint density at radius 1 is 1.20 bits per heavy atom. The Morgan fingerprint density at radius 2 is 1.94 bits per heavy atom. The van der Waals surface area contributed by atoms with Crippen molar-refractivity contribution in [1.82, 2.24) is 15.6 Å². The molecule has 0 aliphatic rings. The number of carbonyl (C=O) groups is 1. The molecule has 0 aliphatic carbocycles. The predicted octanol–water partition coefficient (Wildman–Crippen LogP) is 2.69. The molecule has 0 fully saturated rings. The summed E-state index contributed by atoms with van der Waals surface area (Å²) in [6.45, 7) is 2.02. The van der Waals surface area contributed by atoms with Gasteiger partial charge in [-0.15, -0.1) is 5.10 Å². The van der Waals surface area contributed by atoms with Crippen LogP contribution in [0.15, 0.2) is 77.0 Å². The Morgan fingerprint density at radius 3 is 2.63 bits per heavy atom. The Kier molecular flexibility index (Phi) is 7.32. The molecule has 35 heavy (non-hydrogen) atoms. The molecular formula is C25H23N5O4S. The zero-order valence-electron chi connectivity index (χ0n) is 19.1. The van der Waals surface area contributed by atoms with Gasteiger partial charge >= 0.3 is 5.16 Å². The monoisotopic (exact) mass is 489 g/mol. The number of phenols is 1. The van der Waals surface area contributed by atoms with Crippen LogP contribution in [0.3, 0.4) is 0 Å². The fourth-order valence-electron chi connectivity index (χ4n) is 3.24. The summed E-state index contributed by atoms with van der Waals surface area (Å²) in [6.07, 6.45) is 1.24. The van der Waals surface area contributed by atoms with E-state index in [4.69, 9.17) is 4.74 Å². The predicted molar refractivity (Wildman–Crippen MR) is 131 cm³/mol. The molecule has 4 rings (SSSR count). The number of phenolic OH excluding ortho intramolecular Hbond substituents is 1. The summed E-state index contributed by atoms with van der Waals surface area (Å²) in [5.41, 5.74) is 5.61. The van der Waals surface area contributed by atoms with Gasteiger partial charge in [0.15, 0.2) is 0 Å². The van der Waals surface area contributed by atoms with Crippen LogP contribution in [-0.2, 0) is 4.79 Å². The summed E-state index contributed by atoms with van der Waals surface area (Å²) in [5.74, 6) is 0.673. The largest absolute Gasteiger partial charge is 0.872 e. The number of H-pyrrole nitrogens is 1. The molecule has 0 aliphatic heterocycles. The first kappa shape index (κ1) is 23.8. The number of hydrazone groups is 1. The van der Waals surface area contributed by atoms with Gasteiger partial charge in [0.05, 0.1) is 29.7 Å². The van der Waals surface area contributed by atoms with Crippen molar-refractivity contribution in [2.75, 3.05) is 12.9 Å². The lowest BCUT2D eigenvalue weighted by atomic mass is 10.1. The number of methoxy groups -OCH3 is 1. The fraction of sp³-hybridized carbons (Fsp3) is 0.120. The number of nitrogens with zero attached hydrogens (tertiary/aromatic N) is 3. The third kappa shape index (κ3) is 5.79. The topological polar surface area (TPSA) is 127 Å². The van der Waals surface area contributed by atoms with Gasteiger partial charge in [-0.25, -0.2) is 5.43 Å². The molecular weight excluding hydrogens is 466 g/mol. The Balaban J connectivity index is 1.52. The quantitative estimate of drug-likeness (QED) is 0.151. The van der Waals surface area contributed by atoms with E-state index in [-0.39, 0.29) is 23.0 Å². The summed E-state index contributed by atoms with van der Waals surface area (Å²) in [5, 5.41) is 33.0. The summed E-state index contributed by atoms with van der Waals surface area (Å²) in [6, 6.07) is 19.5. The van der Waals surface area contributed by atoms with Crippen LogP contribution in [0.2, 0.25) is 0 Å². The molecule has 178 valence electrons. The maximum atomic E-state index is 12.4. The number of hydrogen-bond donors (Lipinski definition) is 3. The molecule has 3 aromatic carbocycles. The summed E-state index contributed by atoms with van der Waals surface area (Å²) in [7, 11) is 1.61. The van der Waals surface area contributed by atoms with E-state index in [9.17, 15) is 15.0 Å². The molecule has 3 N–H and O–H groups in total. The van der Waals surface area contributed by atoms with Gasteiger partial charge in [0.1, 0.15) is 17.2 Å². The first-order valence-corrected chi connectivity index (χ1v) is 11.6. The van der Waals surface area contributed by atoms with Gasteiger partial charge in [0.2, 0.25) is 0 Å². The van der Waals surface area contributed by atoms with E-state index in [0.717, 1.165) is 34.5 Å². The van der Waals surface area contributed by atoms with E-state index in [1.807, 2.05) is 60.0 Å². The average Bonchev–Trinajstić information content (AvgIpc) is 3.28. The summed E-state index contributed by atoms with van der Waals surface area (Å²) < 4.78 is 7.21. The molecule has 0 unspecified atom stereocenters. The normalized spacial score (nSPS) is 11.0. The molecule has 1 aromatic heterocycles. The summed E-state index contributed by atoms with van der Waals surface area (Å²) in [4.78, 5) is 12.4. The Labute approximate surface area is 206 Å². The maximum Gasteiger partial charge on any atom is 0.342 e. The minimum absolute atomic E-state index is 0.0471. The van der Waals surface area contributed by atoms with Crippen LogP contribution in [0.4, 0.5) is 0 Å². The van der Waals surface area contributed by atoms with Crippen LogP contribution in [0.25, 0.3) is 17.1 Å². The van der Waals surface area contributed by atoms with Crippen molar-refractivity contribution in [2.24, 2.45) is 5.10 Å². The van der Waals surface area contributed by atoms with Crippen molar-refractivity contribution in [1.29, 1.82) is 0 Å². The third-order valence-corrected chi connectivity index (χ3v) is 5.99. The standard InChI is InChI=1S/C25H23N5O4S/c1-16-3-5-17(6-4-16)24-28-29-25(30(24)19-8-11-21(34-2)12-9-19)35-15-23(33)27-26-14-18-7-10-20(31)13-22(18)32/h3-14H,15H2,1-2H3,(H3,26,27,31,32,33). The van der Waals surface area contributed by atoms with Gasteiger partial charge in [-0.05, 0) is 72.8 Å². The fourth-order valence-corrected chi connectivity index (χ4v) is 4.00. The van der Waals surface area contributed by atoms with E-state index in [1.165, 1.54) is 30.1 Å². The van der Waals surface area contributed by atoms with Gasteiger partial charge in [-0.3, -0.25) is 4.79 Å². The molecule has 10 heteroatoms. The number of aromatic nitrogens is 3. The highest BCUT2D eigenvalue weighted by Gasteiger charge is 2.24. The maximum absolute atomic E-state index is 12.4. The molecule has 0 spiro atoms. The lowest BCUT2D eigenvalue weighted by Gasteiger charge is -2.09. The van der Waals surface area contributed by atoms with E-state index in [0.29, 0.717) is 5.16 Å². The molecule has 0 saturated heterocycles. The lowest BCUT2D eigenvalue weighted by molar-refractivity contribution is -0.625. The number of ether oxygens (including phenoxy) is 1. The van der Waals surface area contributed by atoms with Gasteiger partial charge < -0.3 is 14.9 Å². The Bertz CT molecular complexity index is 1350. The second-order valence-corrected chi connectivity index (χ2v) is 8.50. The van der Waals surface area contributed by atoms with Gasteiger partial charge in [0, 0.05) is 0 Å². The number of nitrogens with one attached hydrogen (secondary N) is 2. The van der Waals surface area contributed by atoms with Crippen molar-refractivity contribution in [3.05, 3.63) is 77.9 Å². The van der Waals surface area contributed by atoms with E-state index in [2.05, 4.69) is 20.7 Å². The van der Waals surface area contributed by atoms with Crippen molar-refractivity contribution >= 4 is 23.9 Å². The Hall–Kier alpha value is -4.31. The van der Waals surface area contributed by atoms with Crippen molar-refractivity contribution in [3.8, 4) is 34.3 Å². The highest BCUT2D eigenvalue weighted by atomic mass is 32.2. The first-order chi connectivity index (χ1) is 16.9. The van der Waals surface area contributed by atoms with Crippen LogP contribution in [0, 0.1) is 6.92 Å². The number of aryl methyl sites for hydroxylation is 1. The number of aromatic hydroxyl groups is 1. The SMILES string of the molecule is COc1ccc(-[n+]2c(SCC(=O)N/N=C/c3ccc(O)cc3[O-])n[nH]c2-c2ccc(C)cc2)cc1. The first-order valence-electron chi connectivity index (χ1n) is 10.6. The van der Waals surface area contributed by atoms with Crippen molar-refractivity contribution in [2.45, 2.75) is 12.1 Å². The smallest absolute Gasteiger partial charge is 0.342 e. The molecule has 1 amide bonds. The third-order valence-electron chi connectivity index (χ3n) is 5.05. The number of hydrogen-bond acceptors (Lipinski definition) is 7. The van der Waals surface area contributed by atoms with Crippen molar-refractivity contribution < 1.29 is 24.3 Å². The molecule has 9 nitrogen and oxygen atoms in total. The number of carbonyl (C=O) groups excluding carboxylic acids is 1. The minimum atomic E-state index is -0.391. The van der Waals surface area contributed by atoms with Crippen LogP contribution in [0.5, 0.6) is 17.2 Å². The van der Waals surface area contributed by atoms with E-state index in [1.54, 1.807) is 7.11 Å². The zero-order chi connectivity index (χ0) is 24.8. The number of benzene rings is 3. The van der Waals surface area contributed by atoms with E-state index < -0.39 is 5.75 Å². The molecule has 0 radical (unpaired) electrons. The van der Waals surface area contributed by atoms with Crippen molar-refractivity contribution in [3.63, 3.8) is 0 Å². The highest BCUT2D eigenvalue weighted by molar-refractivity contribution is 7.99. The van der Waals surface area contributed by atoms with Gasteiger partial charge in [-0.1, -0.05) is 29.5 Å². The van der Waals surface area contributed by atoms with Crippen LogP contribution in [0.1, 0.15) is 11.1 Å². The van der Waals surface area contributed by atoms with Crippen LogP contribution in [-0.4, -0.2) is 40.3 Å². The van der Waals surface area contributed by atoms with Gasteiger partial charge in [0.25, 0.3) is 11.7 Å². The molecule has 1 heterocycles. The highest BCUT2D eigenvalue weighted by Crippen LogP contribution is 2.22. The van der Waals surface area contributed by atoms with E-state index >= 15 is 0 Å². The van der Waals surface area contributed by atoms with Crippen LogP contribution < -0.4 is 19.8 Å². The number of aromatic amines is 1. The average molecular weight is 490 g/mol. The number of amides is 1. The summed E-state index contributed by atoms with van der Waals surface area (Å²) >= 11 is 1.24. The number of rotatable bonds is 8. The number of thioether (sulfide) groups is 1. The molecule has 0 bridgehead atoms. The second kappa shape index (κ2) is 10.7. The molecule has 4 aromatic rings.